The molecule has 0 aliphatic heterocycles. The molecule has 0 saturated heterocycles. The zero-order chi connectivity index (χ0) is 8.55. The third-order valence-corrected chi connectivity index (χ3v) is 2.15. The first-order chi connectivity index (χ1) is 5.79. The minimum absolute atomic E-state index is 0. The Bertz CT molecular complexity index is 409. The Balaban J connectivity index is 0.000000845. The SMILES string of the molecule is Cl.Cn1cc2ccc(CCl)cc2n1. The summed E-state index contributed by atoms with van der Waals surface area (Å²) in [5.74, 6) is 0.548. The Morgan fingerprint density at radius 2 is 2.23 bits per heavy atom. The summed E-state index contributed by atoms with van der Waals surface area (Å²) in [5, 5.41) is 5.44. The third-order valence-electron chi connectivity index (χ3n) is 1.84. The molecule has 0 amide bonds. The van der Waals surface area contributed by atoms with Crippen molar-refractivity contribution in [2.24, 2.45) is 7.05 Å². The lowest BCUT2D eigenvalue weighted by molar-refractivity contribution is 0.779. The van der Waals surface area contributed by atoms with E-state index in [0.29, 0.717) is 5.88 Å². The van der Waals surface area contributed by atoms with Gasteiger partial charge in [-0.3, -0.25) is 4.68 Å². The minimum Gasteiger partial charge on any atom is -0.275 e. The second-order valence-corrected chi connectivity index (χ2v) is 3.10. The van der Waals surface area contributed by atoms with Crippen LogP contribution in [0, 0.1) is 0 Å². The van der Waals surface area contributed by atoms with Crippen molar-refractivity contribution in [1.29, 1.82) is 0 Å². The first-order valence-electron chi connectivity index (χ1n) is 3.78. The topological polar surface area (TPSA) is 17.8 Å². The number of benzene rings is 1. The molecule has 0 aliphatic rings. The van der Waals surface area contributed by atoms with E-state index >= 15 is 0 Å². The van der Waals surface area contributed by atoms with Gasteiger partial charge < -0.3 is 0 Å². The maximum Gasteiger partial charge on any atom is 0.0926 e. The molecule has 1 aromatic heterocycles. The van der Waals surface area contributed by atoms with Crippen molar-refractivity contribution in [2.45, 2.75) is 5.88 Å². The van der Waals surface area contributed by atoms with E-state index in [9.17, 15) is 0 Å². The highest BCUT2D eigenvalue weighted by molar-refractivity contribution is 6.17. The molecule has 0 radical (unpaired) electrons. The van der Waals surface area contributed by atoms with E-state index in [1.807, 2.05) is 36.1 Å². The molecule has 70 valence electrons. The Morgan fingerprint density at radius 3 is 2.92 bits per heavy atom. The fraction of sp³-hybridized carbons (Fsp3) is 0.222. The molecule has 0 unspecified atom stereocenters. The minimum atomic E-state index is 0. The molecule has 2 nitrogen and oxygen atoms in total. The fourth-order valence-corrected chi connectivity index (χ4v) is 1.43. The van der Waals surface area contributed by atoms with Gasteiger partial charge in [-0.2, -0.15) is 5.10 Å². The number of nitrogens with zero attached hydrogens (tertiary/aromatic N) is 2. The van der Waals surface area contributed by atoms with Crippen LogP contribution in [0.5, 0.6) is 0 Å². The monoisotopic (exact) mass is 216 g/mol. The van der Waals surface area contributed by atoms with Gasteiger partial charge in [-0.15, -0.1) is 24.0 Å². The molecule has 0 bridgehead atoms. The molecular weight excluding hydrogens is 207 g/mol. The molecule has 0 atom stereocenters. The zero-order valence-corrected chi connectivity index (χ0v) is 8.77. The summed E-state index contributed by atoms with van der Waals surface area (Å²) in [6.45, 7) is 0. The van der Waals surface area contributed by atoms with Crippen molar-refractivity contribution in [2.75, 3.05) is 0 Å². The first-order valence-corrected chi connectivity index (χ1v) is 4.31. The Morgan fingerprint density at radius 1 is 1.46 bits per heavy atom. The maximum absolute atomic E-state index is 5.70. The van der Waals surface area contributed by atoms with Gasteiger partial charge in [0, 0.05) is 24.5 Å². The van der Waals surface area contributed by atoms with Crippen molar-refractivity contribution >= 4 is 34.9 Å². The van der Waals surface area contributed by atoms with Crippen LogP contribution in [-0.2, 0) is 12.9 Å². The second-order valence-electron chi connectivity index (χ2n) is 2.83. The van der Waals surface area contributed by atoms with Gasteiger partial charge in [-0.05, 0) is 11.6 Å². The number of halogens is 2. The molecule has 0 fully saturated rings. The lowest BCUT2D eigenvalue weighted by Crippen LogP contribution is -1.85. The van der Waals surface area contributed by atoms with E-state index in [1.165, 1.54) is 0 Å². The molecule has 0 spiro atoms. The summed E-state index contributed by atoms with van der Waals surface area (Å²) >= 11 is 5.70. The van der Waals surface area contributed by atoms with Gasteiger partial charge in [0.2, 0.25) is 0 Å². The molecule has 0 saturated carbocycles. The van der Waals surface area contributed by atoms with Gasteiger partial charge in [0.1, 0.15) is 0 Å². The van der Waals surface area contributed by atoms with Crippen LogP contribution in [0.1, 0.15) is 5.56 Å². The van der Waals surface area contributed by atoms with Crippen LogP contribution in [0.15, 0.2) is 24.4 Å². The van der Waals surface area contributed by atoms with E-state index in [4.69, 9.17) is 11.6 Å². The lowest BCUT2D eigenvalue weighted by atomic mass is 10.2. The van der Waals surface area contributed by atoms with Crippen molar-refractivity contribution < 1.29 is 0 Å². The van der Waals surface area contributed by atoms with Gasteiger partial charge in [0.15, 0.2) is 0 Å². The third kappa shape index (κ3) is 1.95. The molecule has 0 N–H and O–H groups in total. The maximum atomic E-state index is 5.70. The smallest absolute Gasteiger partial charge is 0.0926 e. The summed E-state index contributed by atoms with van der Waals surface area (Å²) in [5.41, 5.74) is 2.12. The number of hydrogen-bond acceptors (Lipinski definition) is 1. The van der Waals surface area contributed by atoms with Crippen LogP contribution in [0.25, 0.3) is 10.9 Å². The summed E-state index contributed by atoms with van der Waals surface area (Å²) in [6, 6.07) is 6.08. The number of hydrogen-bond donors (Lipinski definition) is 0. The normalized spacial score (nSPS) is 10.0. The van der Waals surface area contributed by atoms with Gasteiger partial charge in [-0.1, -0.05) is 12.1 Å². The van der Waals surface area contributed by atoms with E-state index in [-0.39, 0.29) is 12.4 Å². The highest BCUT2D eigenvalue weighted by atomic mass is 35.5. The Kier molecular flexibility index (Phi) is 3.17. The van der Waals surface area contributed by atoms with E-state index in [0.717, 1.165) is 16.5 Å². The quantitative estimate of drug-likeness (QED) is 0.671. The molecule has 1 heterocycles. The van der Waals surface area contributed by atoms with Crippen LogP contribution in [-0.4, -0.2) is 9.78 Å². The molecule has 0 aliphatic carbocycles. The average molecular weight is 217 g/mol. The van der Waals surface area contributed by atoms with Crippen molar-refractivity contribution in [3.05, 3.63) is 30.0 Å². The molecule has 2 rings (SSSR count). The molecular formula is C9H10Cl2N2. The highest BCUT2D eigenvalue weighted by Crippen LogP contribution is 2.14. The predicted octanol–water partition coefficient (Wildman–Crippen LogP) is 2.73. The average Bonchev–Trinajstić information content (AvgIpc) is 2.43. The highest BCUT2D eigenvalue weighted by Gasteiger charge is 1.98. The Labute approximate surface area is 87.9 Å². The molecule has 13 heavy (non-hydrogen) atoms. The number of alkyl halides is 1. The zero-order valence-electron chi connectivity index (χ0n) is 7.20. The first kappa shape index (κ1) is 10.4. The van der Waals surface area contributed by atoms with Crippen LogP contribution in [0.3, 0.4) is 0 Å². The summed E-state index contributed by atoms with van der Waals surface area (Å²) in [7, 11) is 1.92. The fourth-order valence-electron chi connectivity index (χ4n) is 1.27. The van der Waals surface area contributed by atoms with Crippen molar-refractivity contribution in [3.63, 3.8) is 0 Å². The summed E-state index contributed by atoms with van der Waals surface area (Å²) in [4.78, 5) is 0. The number of aromatic nitrogens is 2. The van der Waals surface area contributed by atoms with E-state index in [1.54, 1.807) is 0 Å². The molecule has 4 heteroatoms. The lowest BCUT2D eigenvalue weighted by Gasteiger charge is -1.92. The van der Waals surface area contributed by atoms with Gasteiger partial charge in [-0.25, -0.2) is 0 Å². The van der Waals surface area contributed by atoms with Crippen LogP contribution in [0.2, 0.25) is 0 Å². The number of fused-ring (bicyclic) bond motifs is 1. The largest absolute Gasteiger partial charge is 0.275 e. The van der Waals surface area contributed by atoms with Gasteiger partial charge in [0.25, 0.3) is 0 Å². The predicted molar refractivity (Wildman–Crippen MR) is 57.5 cm³/mol. The van der Waals surface area contributed by atoms with Crippen LogP contribution >= 0.6 is 24.0 Å². The second kappa shape index (κ2) is 3.99. The molecule has 2 aromatic rings. The van der Waals surface area contributed by atoms with E-state index < -0.39 is 0 Å². The van der Waals surface area contributed by atoms with Crippen LogP contribution in [0.4, 0.5) is 0 Å². The standard InChI is InChI=1S/C9H9ClN2.ClH/c1-12-6-8-3-2-7(5-10)4-9(8)11-12;/h2-4,6H,5H2,1H3;1H. The number of rotatable bonds is 1. The van der Waals surface area contributed by atoms with Crippen LogP contribution < -0.4 is 0 Å². The van der Waals surface area contributed by atoms with Gasteiger partial charge in [0.05, 0.1) is 5.52 Å². The molecule has 1 aromatic carbocycles. The Hall–Kier alpha value is -0.730. The number of aryl methyl sites for hydroxylation is 1. The van der Waals surface area contributed by atoms with Crippen molar-refractivity contribution in [1.82, 2.24) is 9.78 Å². The van der Waals surface area contributed by atoms with Gasteiger partial charge >= 0.3 is 0 Å². The summed E-state index contributed by atoms with van der Waals surface area (Å²) in [6.07, 6.45) is 1.99. The van der Waals surface area contributed by atoms with Crippen molar-refractivity contribution in [3.8, 4) is 0 Å². The van der Waals surface area contributed by atoms with E-state index in [2.05, 4.69) is 5.10 Å². The summed E-state index contributed by atoms with van der Waals surface area (Å²) < 4.78 is 1.81.